The summed E-state index contributed by atoms with van der Waals surface area (Å²) in [5.41, 5.74) is 9.86. The Bertz CT molecular complexity index is 514. The highest BCUT2D eigenvalue weighted by atomic mass is 15.1. The molecule has 2 aromatic heterocycles. The normalized spacial score (nSPS) is 10.8. The average molecular weight is 216 g/mol. The van der Waals surface area contributed by atoms with Crippen molar-refractivity contribution in [1.29, 1.82) is 0 Å². The molecule has 0 amide bonds. The molecule has 0 bridgehead atoms. The molecule has 0 aliphatic heterocycles. The third-order valence-corrected chi connectivity index (χ3v) is 2.73. The minimum Gasteiger partial charge on any atom is -0.326 e. The lowest BCUT2D eigenvalue weighted by molar-refractivity contribution is 0.922. The predicted octanol–water partition coefficient (Wildman–Crippen LogP) is 1.65. The van der Waals surface area contributed by atoms with E-state index in [4.69, 9.17) is 5.73 Å². The fourth-order valence-corrected chi connectivity index (χ4v) is 1.69. The molecule has 0 aliphatic carbocycles. The number of rotatable bonds is 2. The number of nitrogens with zero attached hydrogens (tertiary/aromatic N) is 3. The summed E-state index contributed by atoms with van der Waals surface area (Å²) in [5, 5.41) is 0. The van der Waals surface area contributed by atoms with E-state index in [1.54, 1.807) is 6.33 Å². The number of imidazole rings is 1. The van der Waals surface area contributed by atoms with Gasteiger partial charge in [-0.2, -0.15) is 0 Å². The average Bonchev–Trinajstić information content (AvgIpc) is 2.59. The van der Waals surface area contributed by atoms with Crippen LogP contribution in [0.1, 0.15) is 22.6 Å². The van der Waals surface area contributed by atoms with Crippen LogP contribution in [0.4, 0.5) is 0 Å². The van der Waals surface area contributed by atoms with Crippen LogP contribution in [-0.4, -0.2) is 14.5 Å². The Hall–Kier alpha value is -1.68. The topological polar surface area (TPSA) is 56.7 Å². The van der Waals surface area contributed by atoms with Crippen LogP contribution < -0.4 is 5.73 Å². The predicted molar refractivity (Wildman–Crippen MR) is 63.5 cm³/mol. The van der Waals surface area contributed by atoms with Gasteiger partial charge in [-0.1, -0.05) is 0 Å². The van der Waals surface area contributed by atoms with Gasteiger partial charge in [-0.3, -0.25) is 4.57 Å². The molecule has 16 heavy (non-hydrogen) atoms. The molecule has 2 heterocycles. The smallest absolute Gasteiger partial charge is 0.138 e. The Morgan fingerprint density at radius 1 is 1.25 bits per heavy atom. The fourth-order valence-electron chi connectivity index (χ4n) is 1.69. The molecule has 0 saturated heterocycles. The quantitative estimate of drug-likeness (QED) is 0.830. The summed E-state index contributed by atoms with van der Waals surface area (Å²) in [6.45, 7) is 6.53. The van der Waals surface area contributed by atoms with E-state index >= 15 is 0 Å². The Balaban J connectivity index is 2.55. The van der Waals surface area contributed by atoms with Crippen molar-refractivity contribution >= 4 is 0 Å². The van der Waals surface area contributed by atoms with Gasteiger partial charge in [0.25, 0.3) is 0 Å². The van der Waals surface area contributed by atoms with Gasteiger partial charge in [0.1, 0.15) is 12.1 Å². The number of hydrogen-bond acceptors (Lipinski definition) is 3. The zero-order valence-corrected chi connectivity index (χ0v) is 9.86. The van der Waals surface area contributed by atoms with Gasteiger partial charge in [0.2, 0.25) is 0 Å². The van der Waals surface area contributed by atoms with E-state index in [1.165, 1.54) is 0 Å². The molecule has 0 radical (unpaired) electrons. The Morgan fingerprint density at radius 3 is 2.56 bits per heavy atom. The van der Waals surface area contributed by atoms with Crippen LogP contribution in [0.5, 0.6) is 0 Å². The van der Waals surface area contributed by atoms with Gasteiger partial charge < -0.3 is 5.73 Å². The van der Waals surface area contributed by atoms with Crippen LogP contribution in [0.25, 0.3) is 5.82 Å². The summed E-state index contributed by atoms with van der Waals surface area (Å²) in [7, 11) is 0. The van der Waals surface area contributed by atoms with Crippen molar-refractivity contribution in [3.63, 3.8) is 0 Å². The molecule has 0 unspecified atom stereocenters. The van der Waals surface area contributed by atoms with Gasteiger partial charge >= 0.3 is 0 Å². The maximum absolute atomic E-state index is 5.66. The van der Waals surface area contributed by atoms with Crippen molar-refractivity contribution in [2.45, 2.75) is 27.3 Å². The zero-order valence-electron chi connectivity index (χ0n) is 9.86. The van der Waals surface area contributed by atoms with Gasteiger partial charge in [-0.15, -0.1) is 0 Å². The number of aromatic nitrogens is 3. The number of aryl methyl sites for hydroxylation is 2. The Kier molecular flexibility index (Phi) is 2.75. The molecule has 4 heteroatoms. The fraction of sp³-hybridized carbons (Fsp3) is 0.333. The molecule has 84 valence electrons. The molecule has 2 rings (SSSR count). The molecule has 2 N–H and O–H groups in total. The highest BCUT2D eigenvalue weighted by Crippen LogP contribution is 2.14. The monoisotopic (exact) mass is 216 g/mol. The van der Waals surface area contributed by atoms with Gasteiger partial charge in [0.15, 0.2) is 0 Å². The highest BCUT2D eigenvalue weighted by Gasteiger charge is 2.06. The van der Waals surface area contributed by atoms with E-state index < -0.39 is 0 Å². The molecule has 4 nitrogen and oxygen atoms in total. The summed E-state index contributed by atoms with van der Waals surface area (Å²) in [5.74, 6) is 0.888. The van der Waals surface area contributed by atoms with Crippen LogP contribution >= 0.6 is 0 Å². The van der Waals surface area contributed by atoms with Crippen LogP contribution in [-0.2, 0) is 6.54 Å². The summed E-state index contributed by atoms with van der Waals surface area (Å²) < 4.78 is 1.99. The number of hydrogen-bond donors (Lipinski definition) is 1. The summed E-state index contributed by atoms with van der Waals surface area (Å²) >= 11 is 0. The SMILES string of the molecule is Cc1cc(CN)cc(-n2cnc(C)c2C)n1. The lowest BCUT2D eigenvalue weighted by atomic mass is 10.2. The molecule has 0 atom stereocenters. The first kappa shape index (κ1) is 10.8. The van der Waals surface area contributed by atoms with Gasteiger partial charge in [-0.05, 0) is 38.5 Å². The number of pyridine rings is 1. The maximum Gasteiger partial charge on any atom is 0.138 e. The van der Waals surface area contributed by atoms with Crippen LogP contribution in [0, 0.1) is 20.8 Å². The van der Waals surface area contributed by atoms with Gasteiger partial charge in [0, 0.05) is 17.9 Å². The second kappa shape index (κ2) is 4.06. The van der Waals surface area contributed by atoms with Crippen molar-refractivity contribution < 1.29 is 0 Å². The van der Waals surface area contributed by atoms with E-state index in [0.717, 1.165) is 28.5 Å². The van der Waals surface area contributed by atoms with Crippen molar-refractivity contribution in [3.05, 3.63) is 41.1 Å². The first-order valence-corrected chi connectivity index (χ1v) is 5.30. The molecular weight excluding hydrogens is 200 g/mol. The van der Waals surface area contributed by atoms with Crippen LogP contribution in [0.15, 0.2) is 18.5 Å². The first-order chi connectivity index (χ1) is 7.61. The maximum atomic E-state index is 5.66. The zero-order chi connectivity index (χ0) is 11.7. The Morgan fingerprint density at radius 2 is 2.00 bits per heavy atom. The van der Waals surface area contributed by atoms with Crippen molar-refractivity contribution in [3.8, 4) is 5.82 Å². The van der Waals surface area contributed by atoms with Crippen molar-refractivity contribution in [2.24, 2.45) is 5.73 Å². The van der Waals surface area contributed by atoms with E-state index in [9.17, 15) is 0 Å². The molecular formula is C12H16N4. The second-order valence-corrected chi connectivity index (χ2v) is 3.96. The van der Waals surface area contributed by atoms with E-state index in [-0.39, 0.29) is 0 Å². The van der Waals surface area contributed by atoms with Crippen LogP contribution in [0.2, 0.25) is 0 Å². The van der Waals surface area contributed by atoms with Gasteiger partial charge in [-0.25, -0.2) is 9.97 Å². The molecule has 0 spiro atoms. The molecule has 2 aromatic rings. The second-order valence-electron chi connectivity index (χ2n) is 3.96. The first-order valence-electron chi connectivity index (χ1n) is 5.30. The lowest BCUT2D eigenvalue weighted by Gasteiger charge is -2.07. The van der Waals surface area contributed by atoms with Crippen LogP contribution in [0.3, 0.4) is 0 Å². The third-order valence-electron chi connectivity index (χ3n) is 2.73. The highest BCUT2D eigenvalue weighted by molar-refractivity contribution is 5.33. The Labute approximate surface area is 95.1 Å². The lowest BCUT2D eigenvalue weighted by Crippen LogP contribution is -2.04. The van der Waals surface area contributed by atoms with Gasteiger partial charge in [0.05, 0.1) is 5.69 Å². The summed E-state index contributed by atoms with van der Waals surface area (Å²) in [4.78, 5) is 8.76. The summed E-state index contributed by atoms with van der Waals surface area (Å²) in [6, 6.07) is 4.00. The van der Waals surface area contributed by atoms with Crippen molar-refractivity contribution in [1.82, 2.24) is 14.5 Å². The molecule has 0 aromatic carbocycles. The number of nitrogens with two attached hydrogens (primary N) is 1. The minimum atomic E-state index is 0.531. The van der Waals surface area contributed by atoms with Crippen molar-refractivity contribution in [2.75, 3.05) is 0 Å². The molecule has 0 saturated carbocycles. The van der Waals surface area contributed by atoms with E-state index in [1.807, 2.05) is 37.5 Å². The molecule has 0 fully saturated rings. The summed E-state index contributed by atoms with van der Waals surface area (Å²) in [6.07, 6.45) is 1.80. The standard InChI is InChI=1S/C12H16N4/c1-8-4-11(6-13)5-12(15-8)16-7-14-9(2)10(16)3/h4-5,7H,6,13H2,1-3H3. The van der Waals surface area contributed by atoms with E-state index in [2.05, 4.69) is 9.97 Å². The third kappa shape index (κ3) is 1.84. The minimum absolute atomic E-state index is 0.531. The molecule has 0 aliphatic rings. The largest absolute Gasteiger partial charge is 0.326 e. The van der Waals surface area contributed by atoms with E-state index in [0.29, 0.717) is 6.54 Å².